The fourth-order valence-corrected chi connectivity index (χ4v) is 1.32. The van der Waals surface area contributed by atoms with E-state index in [2.05, 4.69) is 10.3 Å². The number of aryl methyl sites for hydroxylation is 1. The lowest BCUT2D eigenvalue weighted by atomic mass is 10.0. The Hall–Kier alpha value is -1.63. The highest BCUT2D eigenvalue weighted by atomic mass is 16.6. The number of nitro groups is 1. The van der Waals surface area contributed by atoms with E-state index < -0.39 is 10.5 Å². The maximum absolute atomic E-state index is 10.8. The molecular weight excluding hydrogens is 224 g/mol. The van der Waals surface area contributed by atoms with Crippen LogP contribution in [0.5, 0.6) is 0 Å². The molecule has 1 aromatic heterocycles. The van der Waals surface area contributed by atoms with Crippen molar-refractivity contribution in [2.75, 3.05) is 11.9 Å². The van der Waals surface area contributed by atoms with Gasteiger partial charge in [-0.2, -0.15) is 0 Å². The van der Waals surface area contributed by atoms with Crippen molar-refractivity contribution in [3.05, 3.63) is 15.9 Å². The molecule has 1 aromatic rings. The fraction of sp³-hybridized carbons (Fsp3) is 0.700. The summed E-state index contributed by atoms with van der Waals surface area (Å²) in [6.45, 7) is 5.46. The zero-order valence-electron chi connectivity index (χ0n) is 10.5. The number of aliphatic hydroxyl groups is 1. The zero-order chi connectivity index (χ0) is 13.2. The first-order valence-electron chi connectivity index (χ1n) is 5.42. The first-order valence-corrected chi connectivity index (χ1v) is 5.42. The van der Waals surface area contributed by atoms with Gasteiger partial charge in [0, 0.05) is 20.5 Å². The summed E-state index contributed by atoms with van der Waals surface area (Å²) >= 11 is 0. The average Bonchev–Trinajstić information content (AvgIpc) is 2.53. The number of aromatic nitrogens is 2. The topological polar surface area (TPSA) is 93.2 Å². The fourth-order valence-electron chi connectivity index (χ4n) is 1.32. The van der Waals surface area contributed by atoms with Gasteiger partial charge in [-0.1, -0.05) is 6.92 Å². The van der Waals surface area contributed by atoms with E-state index in [4.69, 9.17) is 0 Å². The average molecular weight is 242 g/mol. The SMILES string of the molecule is CCC(C)(O)CNc1c([N+](=O)[O-])nc(C)n1C. The van der Waals surface area contributed by atoms with E-state index in [0.29, 0.717) is 18.1 Å². The third-order valence-corrected chi connectivity index (χ3v) is 2.87. The molecule has 0 saturated heterocycles. The van der Waals surface area contributed by atoms with Crippen LogP contribution < -0.4 is 5.32 Å². The molecule has 0 radical (unpaired) electrons. The first kappa shape index (κ1) is 13.4. The maximum atomic E-state index is 10.8. The molecule has 2 N–H and O–H groups in total. The second-order valence-electron chi connectivity index (χ2n) is 4.35. The second kappa shape index (κ2) is 4.70. The summed E-state index contributed by atoms with van der Waals surface area (Å²) in [4.78, 5) is 14.1. The lowest BCUT2D eigenvalue weighted by molar-refractivity contribution is -0.388. The van der Waals surface area contributed by atoms with E-state index in [0.717, 1.165) is 0 Å². The van der Waals surface area contributed by atoms with Crippen LogP contribution in [0.4, 0.5) is 11.6 Å². The standard InChI is InChI=1S/C10H18N4O3/c1-5-10(3,15)6-11-8-9(14(16)17)12-7(2)13(8)4/h11,15H,5-6H2,1-4H3. The summed E-state index contributed by atoms with van der Waals surface area (Å²) in [5, 5.41) is 23.5. The molecule has 0 aliphatic carbocycles. The molecule has 1 rings (SSSR count). The van der Waals surface area contributed by atoms with Crippen molar-refractivity contribution < 1.29 is 10.0 Å². The van der Waals surface area contributed by atoms with Crippen molar-refractivity contribution in [3.8, 4) is 0 Å². The van der Waals surface area contributed by atoms with Crippen LogP contribution >= 0.6 is 0 Å². The van der Waals surface area contributed by atoms with Gasteiger partial charge < -0.3 is 20.5 Å². The molecule has 7 nitrogen and oxygen atoms in total. The number of rotatable bonds is 5. The lowest BCUT2D eigenvalue weighted by Crippen LogP contribution is -2.33. The summed E-state index contributed by atoms with van der Waals surface area (Å²) in [6.07, 6.45) is 0.560. The van der Waals surface area contributed by atoms with Gasteiger partial charge in [-0.05, 0) is 23.3 Å². The molecule has 7 heteroatoms. The minimum Gasteiger partial charge on any atom is -0.388 e. The van der Waals surface area contributed by atoms with Crippen LogP contribution in [0.25, 0.3) is 0 Å². The predicted octanol–water partition coefficient (Wildman–Crippen LogP) is 1.21. The van der Waals surface area contributed by atoms with Gasteiger partial charge in [-0.3, -0.25) is 4.57 Å². The van der Waals surface area contributed by atoms with Gasteiger partial charge in [0.2, 0.25) is 11.6 Å². The minimum absolute atomic E-state index is 0.211. The first-order chi connectivity index (χ1) is 7.78. The Morgan fingerprint density at radius 1 is 1.65 bits per heavy atom. The van der Waals surface area contributed by atoms with Crippen LogP contribution in [0.1, 0.15) is 26.1 Å². The third kappa shape index (κ3) is 2.94. The van der Waals surface area contributed by atoms with Crippen LogP contribution in [-0.4, -0.2) is 31.7 Å². The highest BCUT2D eigenvalue weighted by Crippen LogP contribution is 2.24. The zero-order valence-corrected chi connectivity index (χ0v) is 10.5. The molecule has 0 aromatic carbocycles. The van der Waals surface area contributed by atoms with Crippen LogP contribution in [-0.2, 0) is 7.05 Å². The van der Waals surface area contributed by atoms with Gasteiger partial charge >= 0.3 is 5.82 Å². The Bertz CT molecular complexity index is 425. The van der Waals surface area contributed by atoms with E-state index in [1.807, 2.05) is 6.92 Å². The van der Waals surface area contributed by atoms with Gasteiger partial charge in [0.05, 0.1) is 5.60 Å². The lowest BCUT2D eigenvalue weighted by Gasteiger charge is -2.21. The van der Waals surface area contributed by atoms with Gasteiger partial charge in [0.25, 0.3) is 0 Å². The predicted molar refractivity (Wildman–Crippen MR) is 64.0 cm³/mol. The van der Waals surface area contributed by atoms with Gasteiger partial charge in [0.15, 0.2) is 0 Å². The highest BCUT2D eigenvalue weighted by molar-refractivity contribution is 5.53. The van der Waals surface area contributed by atoms with E-state index in [1.54, 1.807) is 25.5 Å². The molecule has 1 atom stereocenters. The summed E-state index contributed by atoms with van der Waals surface area (Å²) in [6, 6.07) is 0. The number of anilines is 1. The molecule has 0 aliphatic rings. The van der Waals surface area contributed by atoms with E-state index >= 15 is 0 Å². The van der Waals surface area contributed by atoms with Gasteiger partial charge in [-0.15, -0.1) is 0 Å². The number of hydrogen-bond acceptors (Lipinski definition) is 5. The quantitative estimate of drug-likeness (QED) is 0.598. The molecule has 17 heavy (non-hydrogen) atoms. The Morgan fingerprint density at radius 2 is 2.24 bits per heavy atom. The number of hydrogen-bond donors (Lipinski definition) is 2. The molecule has 96 valence electrons. The summed E-state index contributed by atoms with van der Waals surface area (Å²) in [7, 11) is 1.69. The molecule has 0 spiro atoms. The second-order valence-corrected chi connectivity index (χ2v) is 4.35. The minimum atomic E-state index is -0.897. The van der Waals surface area contributed by atoms with Crippen molar-refractivity contribution in [2.45, 2.75) is 32.8 Å². The van der Waals surface area contributed by atoms with Gasteiger partial charge in [-0.25, -0.2) is 0 Å². The molecule has 0 amide bonds. The number of nitrogens with zero attached hydrogens (tertiary/aromatic N) is 3. The Morgan fingerprint density at radius 3 is 2.71 bits per heavy atom. The van der Waals surface area contributed by atoms with Crippen molar-refractivity contribution in [1.29, 1.82) is 0 Å². The van der Waals surface area contributed by atoms with Gasteiger partial charge in [0.1, 0.15) is 0 Å². The summed E-state index contributed by atoms with van der Waals surface area (Å²) in [5.41, 5.74) is -0.897. The van der Waals surface area contributed by atoms with Crippen LogP contribution in [0, 0.1) is 17.0 Å². The molecule has 0 saturated carbocycles. The molecule has 0 bridgehead atoms. The van der Waals surface area contributed by atoms with Crippen molar-refractivity contribution in [1.82, 2.24) is 9.55 Å². The molecule has 0 fully saturated rings. The molecule has 1 unspecified atom stereocenters. The van der Waals surface area contributed by atoms with Crippen LogP contribution in [0.3, 0.4) is 0 Å². The Balaban J connectivity index is 2.94. The Kier molecular flexibility index (Phi) is 3.72. The molecular formula is C10H18N4O3. The highest BCUT2D eigenvalue weighted by Gasteiger charge is 2.26. The largest absolute Gasteiger partial charge is 0.406 e. The number of nitrogens with one attached hydrogen (secondary N) is 1. The smallest absolute Gasteiger partial charge is 0.388 e. The Labute approximate surface area is 99.6 Å². The summed E-state index contributed by atoms with van der Waals surface area (Å²) in [5.74, 6) is 0.661. The number of imidazole rings is 1. The summed E-state index contributed by atoms with van der Waals surface area (Å²) < 4.78 is 1.60. The monoisotopic (exact) mass is 242 g/mol. The van der Waals surface area contributed by atoms with E-state index in [9.17, 15) is 15.2 Å². The van der Waals surface area contributed by atoms with Crippen molar-refractivity contribution in [2.24, 2.45) is 7.05 Å². The van der Waals surface area contributed by atoms with Crippen LogP contribution in [0.2, 0.25) is 0 Å². The van der Waals surface area contributed by atoms with E-state index in [1.165, 1.54) is 0 Å². The molecule has 0 aliphatic heterocycles. The van der Waals surface area contributed by atoms with Crippen molar-refractivity contribution in [3.63, 3.8) is 0 Å². The normalized spacial score (nSPS) is 14.4. The third-order valence-electron chi connectivity index (χ3n) is 2.87. The van der Waals surface area contributed by atoms with E-state index in [-0.39, 0.29) is 12.4 Å². The maximum Gasteiger partial charge on any atom is 0.406 e. The van der Waals surface area contributed by atoms with Crippen molar-refractivity contribution >= 4 is 11.6 Å². The molecule has 1 heterocycles. The van der Waals surface area contributed by atoms with Crippen LogP contribution in [0.15, 0.2) is 0 Å².